The van der Waals surface area contributed by atoms with E-state index in [1.54, 1.807) is 25.1 Å². The second kappa shape index (κ2) is 5.74. The summed E-state index contributed by atoms with van der Waals surface area (Å²) in [4.78, 5) is 12.2. The van der Waals surface area contributed by atoms with Gasteiger partial charge in [0.1, 0.15) is 5.82 Å². The number of hydrogen-bond acceptors (Lipinski definition) is 2. The number of halogens is 1. The van der Waals surface area contributed by atoms with Crippen molar-refractivity contribution in [1.29, 1.82) is 0 Å². The fraction of sp³-hybridized carbons (Fsp3) is 0.188. The molecule has 2 N–H and O–H groups in total. The number of carbonyl (C=O) groups is 1. The molecule has 104 valence electrons. The average Bonchev–Trinajstić information content (AvgIpc) is 2.41. The van der Waals surface area contributed by atoms with E-state index in [0.717, 1.165) is 16.8 Å². The first-order chi connectivity index (χ1) is 9.51. The highest BCUT2D eigenvalue weighted by Crippen LogP contribution is 2.19. The summed E-state index contributed by atoms with van der Waals surface area (Å²) >= 11 is 0. The van der Waals surface area contributed by atoms with Gasteiger partial charge in [0.05, 0.1) is 5.69 Å². The SMILES string of the molecule is CNc1ccc(C(=O)Nc2ccc(C)cc2F)c(C)c1. The lowest BCUT2D eigenvalue weighted by molar-refractivity contribution is 0.102. The Morgan fingerprint density at radius 3 is 2.45 bits per heavy atom. The van der Waals surface area contributed by atoms with E-state index in [0.29, 0.717) is 5.56 Å². The lowest BCUT2D eigenvalue weighted by atomic mass is 10.1. The minimum Gasteiger partial charge on any atom is -0.388 e. The molecule has 0 aliphatic rings. The molecule has 0 radical (unpaired) electrons. The van der Waals surface area contributed by atoms with Crippen molar-refractivity contribution in [2.45, 2.75) is 13.8 Å². The quantitative estimate of drug-likeness (QED) is 0.893. The Morgan fingerprint density at radius 2 is 1.85 bits per heavy atom. The molecule has 0 unspecified atom stereocenters. The molecule has 0 heterocycles. The Balaban J connectivity index is 2.24. The minimum atomic E-state index is -0.428. The van der Waals surface area contributed by atoms with E-state index in [2.05, 4.69) is 10.6 Å². The van der Waals surface area contributed by atoms with Crippen molar-refractivity contribution in [3.8, 4) is 0 Å². The predicted molar refractivity (Wildman–Crippen MR) is 79.8 cm³/mol. The lowest BCUT2D eigenvalue weighted by Crippen LogP contribution is -2.14. The first-order valence-corrected chi connectivity index (χ1v) is 6.37. The summed E-state index contributed by atoms with van der Waals surface area (Å²) in [5.74, 6) is -0.740. The van der Waals surface area contributed by atoms with Gasteiger partial charge in [-0.2, -0.15) is 0 Å². The molecule has 4 heteroatoms. The number of benzene rings is 2. The number of rotatable bonds is 3. The van der Waals surface area contributed by atoms with Crippen LogP contribution in [-0.2, 0) is 0 Å². The van der Waals surface area contributed by atoms with Gasteiger partial charge in [0.2, 0.25) is 0 Å². The van der Waals surface area contributed by atoms with Gasteiger partial charge in [0.25, 0.3) is 5.91 Å². The molecule has 0 atom stereocenters. The number of carbonyl (C=O) groups excluding carboxylic acids is 1. The van der Waals surface area contributed by atoms with Crippen LogP contribution >= 0.6 is 0 Å². The largest absolute Gasteiger partial charge is 0.388 e. The van der Waals surface area contributed by atoms with E-state index in [1.165, 1.54) is 6.07 Å². The zero-order valence-corrected chi connectivity index (χ0v) is 11.8. The van der Waals surface area contributed by atoms with Crippen LogP contribution in [-0.4, -0.2) is 13.0 Å². The summed E-state index contributed by atoms with van der Waals surface area (Å²) in [5, 5.41) is 5.60. The van der Waals surface area contributed by atoms with E-state index in [9.17, 15) is 9.18 Å². The van der Waals surface area contributed by atoms with Crippen LogP contribution in [0.4, 0.5) is 15.8 Å². The Labute approximate surface area is 117 Å². The molecule has 0 aliphatic carbocycles. The van der Waals surface area contributed by atoms with Gasteiger partial charge in [-0.05, 0) is 55.3 Å². The van der Waals surface area contributed by atoms with E-state index in [1.807, 2.05) is 26.1 Å². The maximum absolute atomic E-state index is 13.7. The van der Waals surface area contributed by atoms with Crippen molar-refractivity contribution in [3.05, 3.63) is 58.9 Å². The van der Waals surface area contributed by atoms with Crippen LogP contribution in [0.25, 0.3) is 0 Å². The van der Waals surface area contributed by atoms with Gasteiger partial charge in [-0.1, -0.05) is 6.07 Å². The van der Waals surface area contributed by atoms with Gasteiger partial charge < -0.3 is 10.6 Å². The molecule has 0 bridgehead atoms. The molecule has 0 fully saturated rings. The normalized spacial score (nSPS) is 10.2. The second-order valence-electron chi connectivity index (χ2n) is 4.72. The summed E-state index contributed by atoms with van der Waals surface area (Å²) in [7, 11) is 1.82. The van der Waals surface area contributed by atoms with Crippen LogP contribution in [0.5, 0.6) is 0 Å². The summed E-state index contributed by atoms with van der Waals surface area (Å²) in [6, 6.07) is 10.1. The molecular formula is C16H17FN2O. The first-order valence-electron chi connectivity index (χ1n) is 6.37. The van der Waals surface area contributed by atoms with E-state index < -0.39 is 5.82 Å². The number of anilines is 2. The zero-order chi connectivity index (χ0) is 14.7. The Kier molecular flexibility index (Phi) is 4.03. The first kappa shape index (κ1) is 14.1. The monoisotopic (exact) mass is 272 g/mol. The Morgan fingerprint density at radius 1 is 1.10 bits per heavy atom. The summed E-state index contributed by atoms with van der Waals surface area (Å²) in [6.45, 7) is 3.65. The fourth-order valence-corrected chi connectivity index (χ4v) is 1.99. The van der Waals surface area contributed by atoms with Crippen LogP contribution in [0.15, 0.2) is 36.4 Å². The van der Waals surface area contributed by atoms with E-state index >= 15 is 0 Å². The van der Waals surface area contributed by atoms with Crippen molar-refractivity contribution in [2.75, 3.05) is 17.7 Å². The van der Waals surface area contributed by atoms with Crippen molar-refractivity contribution < 1.29 is 9.18 Å². The topological polar surface area (TPSA) is 41.1 Å². The summed E-state index contributed by atoms with van der Waals surface area (Å²) < 4.78 is 13.7. The molecule has 2 aromatic rings. The van der Waals surface area contributed by atoms with Gasteiger partial charge >= 0.3 is 0 Å². The highest BCUT2D eigenvalue weighted by Gasteiger charge is 2.12. The van der Waals surface area contributed by atoms with Crippen LogP contribution in [0.3, 0.4) is 0 Å². The third-order valence-electron chi connectivity index (χ3n) is 3.13. The molecule has 1 amide bonds. The molecule has 0 aromatic heterocycles. The van der Waals surface area contributed by atoms with Crippen LogP contribution in [0.1, 0.15) is 21.5 Å². The molecule has 2 aromatic carbocycles. The van der Waals surface area contributed by atoms with Crippen molar-refractivity contribution >= 4 is 17.3 Å². The maximum atomic E-state index is 13.7. The van der Waals surface area contributed by atoms with E-state index in [4.69, 9.17) is 0 Å². The number of aryl methyl sites for hydroxylation is 2. The fourth-order valence-electron chi connectivity index (χ4n) is 1.99. The highest BCUT2D eigenvalue weighted by atomic mass is 19.1. The summed E-state index contributed by atoms with van der Waals surface area (Å²) in [6.07, 6.45) is 0. The average molecular weight is 272 g/mol. The van der Waals surface area contributed by atoms with Gasteiger partial charge in [-0.15, -0.1) is 0 Å². The van der Waals surface area contributed by atoms with Crippen LogP contribution < -0.4 is 10.6 Å². The van der Waals surface area contributed by atoms with E-state index in [-0.39, 0.29) is 11.6 Å². The van der Waals surface area contributed by atoms with Crippen molar-refractivity contribution in [2.24, 2.45) is 0 Å². The molecule has 0 saturated heterocycles. The van der Waals surface area contributed by atoms with Crippen LogP contribution in [0, 0.1) is 19.7 Å². The van der Waals surface area contributed by atoms with Crippen molar-refractivity contribution in [1.82, 2.24) is 0 Å². The molecule has 0 saturated carbocycles. The Hall–Kier alpha value is -2.36. The maximum Gasteiger partial charge on any atom is 0.256 e. The van der Waals surface area contributed by atoms with Gasteiger partial charge in [0.15, 0.2) is 0 Å². The number of hydrogen-bond donors (Lipinski definition) is 2. The zero-order valence-electron chi connectivity index (χ0n) is 11.8. The van der Waals surface area contributed by atoms with Crippen LogP contribution in [0.2, 0.25) is 0 Å². The predicted octanol–water partition coefficient (Wildman–Crippen LogP) is 3.74. The molecule has 0 spiro atoms. The summed E-state index contributed by atoms with van der Waals surface area (Å²) in [5.41, 5.74) is 3.30. The molecule has 3 nitrogen and oxygen atoms in total. The molecule has 20 heavy (non-hydrogen) atoms. The van der Waals surface area contributed by atoms with Crippen molar-refractivity contribution in [3.63, 3.8) is 0 Å². The molecule has 2 rings (SSSR count). The Bertz CT molecular complexity index is 653. The third kappa shape index (κ3) is 2.96. The molecule has 0 aliphatic heterocycles. The standard InChI is InChI=1S/C16H17FN2O/c1-10-4-7-15(14(17)8-10)19-16(20)13-6-5-12(18-3)9-11(13)2/h4-9,18H,1-3H3,(H,19,20). The smallest absolute Gasteiger partial charge is 0.256 e. The number of nitrogens with one attached hydrogen (secondary N) is 2. The highest BCUT2D eigenvalue weighted by molar-refractivity contribution is 6.05. The molecular weight excluding hydrogens is 255 g/mol. The number of amides is 1. The van der Waals surface area contributed by atoms with Gasteiger partial charge in [-0.3, -0.25) is 4.79 Å². The third-order valence-corrected chi connectivity index (χ3v) is 3.13. The minimum absolute atomic E-state index is 0.192. The van der Waals surface area contributed by atoms with Gasteiger partial charge in [-0.25, -0.2) is 4.39 Å². The second-order valence-corrected chi connectivity index (χ2v) is 4.72. The van der Waals surface area contributed by atoms with Gasteiger partial charge in [0, 0.05) is 18.3 Å². The lowest BCUT2D eigenvalue weighted by Gasteiger charge is -2.10.